The van der Waals surface area contributed by atoms with Gasteiger partial charge >= 0.3 is 0 Å². The van der Waals surface area contributed by atoms with Gasteiger partial charge in [0.1, 0.15) is 5.65 Å². The summed E-state index contributed by atoms with van der Waals surface area (Å²) in [7, 11) is -2.14. The minimum absolute atomic E-state index is 0.0317. The van der Waals surface area contributed by atoms with Gasteiger partial charge in [0.05, 0.1) is 6.61 Å². The third-order valence-electron chi connectivity index (χ3n) is 3.53. The van der Waals surface area contributed by atoms with Gasteiger partial charge in [-0.05, 0) is 25.0 Å². The molecular weight excluding hydrogens is 292 g/mol. The van der Waals surface area contributed by atoms with Crippen LogP contribution in [0, 0.1) is 0 Å². The predicted molar refractivity (Wildman–Crippen MR) is 78.4 cm³/mol. The lowest BCUT2D eigenvalue weighted by atomic mass is 10.5. The lowest BCUT2D eigenvalue weighted by Gasteiger charge is -2.21. The summed E-state index contributed by atoms with van der Waals surface area (Å²) in [6.45, 7) is 0.676. The van der Waals surface area contributed by atoms with E-state index in [1.165, 1.54) is 8.71 Å². The van der Waals surface area contributed by atoms with Gasteiger partial charge in [0.25, 0.3) is 10.0 Å². The Morgan fingerprint density at radius 3 is 2.90 bits per heavy atom. The van der Waals surface area contributed by atoms with E-state index in [9.17, 15) is 8.42 Å². The SMILES string of the molecule is COCCN(C1CC1)S(=O)(=O)c1c(N)nc2ccccn12. The number of nitrogen functional groups attached to an aromatic ring is 1. The summed E-state index contributed by atoms with van der Waals surface area (Å²) >= 11 is 0. The Hall–Kier alpha value is -1.64. The lowest BCUT2D eigenvalue weighted by Crippen LogP contribution is -2.36. The van der Waals surface area contributed by atoms with Gasteiger partial charge in [0.2, 0.25) is 0 Å². The van der Waals surface area contributed by atoms with Crippen molar-refractivity contribution in [3.8, 4) is 0 Å². The number of pyridine rings is 1. The highest BCUT2D eigenvalue weighted by molar-refractivity contribution is 7.89. The topological polar surface area (TPSA) is 89.9 Å². The molecule has 0 radical (unpaired) electrons. The van der Waals surface area contributed by atoms with Crippen LogP contribution >= 0.6 is 0 Å². The van der Waals surface area contributed by atoms with Crippen LogP contribution in [0.2, 0.25) is 0 Å². The number of rotatable bonds is 6. The van der Waals surface area contributed by atoms with E-state index in [4.69, 9.17) is 10.5 Å². The molecule has 2 aromatic heterocycles. The number of hydrogen-bond donors (Lipinski definition) is 1. The number of hydrogen-bond acceptors (Lipinski definition) is 5. The Kier molecular flexibility index (Phi) is 3.60. The number of anilines is 1. The van der Waals surface area contributed by atoms with Gasteiger partial charge in [-0.25, -0.2) is 13.4 Å². The number of nitrogens with zero attached hydrogens (tertiary/aromatic N) is 3. The van der Waals surface area contributed by atoms with Crippen LogP contribution in [-0.2, 0) is 14.8 Å². The Labute approximate surface area is 123 Å². The predicted octanol–water partition coefficient (Wildman–Crippen LogP) is 0.716. The van der Waals surface area contributed by atoms with Gasteiger partial charge in [-0.2, -0.15) is 4.31 Å². The molecule has 3 rings (SSSR count). The summed E-state index contributed by atoms with van der Waals surface area (Å²) in [5, 5.41) is 0.0427. The molecule has 0 spiro atoms. The molecule has 1 fully saturated rings. The van der Waals surface area contributed by atoms with Gasteiger partial charge in [0, 0.05) is 25.9 Å². The summed E-state index contributed by atoms with van der Waals surface area (Å²) in [4.78, 5) is 4.13. The van der Waals surface area contributed by atoms with Crippen molar-refractivity contribution >= 4 is 21.5 Å². The molecule has 0 unspecified atom stereocenters. The maximum absolute atomic E-state index is 12.9. The van der Waals surface area contributed by atoms with Crippen LogP contribution in [-0.4, -0.2) is 48.4 Å². The molecule has 2 heterocycles. The molecule has 2 aromatic rings. The number of methoxy groups -OCH3 is 1. The zero-order valence-electron chi connectivity index (χ0n) is 11.8. The zero-order chi connectivity index (χ0) is 15.0. The number of sulfonamides is 1. The highest BCUT2D eigenvalue weighted by Gasteiger charge is 2.40. The molecule has 1 aliphatic rings. The van der Waals surface area contributed by atoms with E-state index in [-0.39, 0.29) is 16.9 Å². The van der Waals surface area contributed by atoms with Crippen molar-refractivity contribution in [1.29, 1.82) is 0 Å². The molecule has 2 N–H and O–H groups in total. The van der Waals surface area contributed by atoms with Gasteiger partial charge in [-0.15, -0.1) is 0 Å². The van der Waals surface area contributed by atoms with Crippen LogP contribution in [0.4, 0.5) is 5.82 Å². The molecule has 114 valence electrons. The molecular formula is C13H18N4O3S. The summed E-state index contributed by atoms with van der Waals surface area (Å²) in [6, 6.07) is 5.32. The number of imidazole rings is 1. The zero-order valence-corrected chi connectivity index (χ0v) is 12.6. The van der Waals surface area contributed by atoms with E-state index < -0.39 is 10.0 Å². The quantitative estimate of drug-likeness (QED) is 0.849. The molecule has 1 saturated carbocycles. The fourth-order valence-electron chi connectivity index (χ4n) is 2.40. The van der Waals surface area contributed by atoms with Gasteiger partial charge in [0.15, 0.2) is 10.8 Å². The van der Waals surface area contributed by atoms with Gasteiger partial charge in [-0.3, -0.25) is 4.40 Å². The van der Waals surface area contributed by atoms with Crippen molar-refractivity contribution in [2.24, 2.45) is 0 Å². The first-order chi connectivity index (χ1) is 10.1. The summed E-state index contributed by atoms with van der Waals surface area (Å²) in [5.41, 5.74) is 6.38. The van der Waals surface area contributed by atoms with E-state index in [0.29, 0.717) is 18.8 Å². The van der Waals surface area contributed by atoms with Crippen LogP contribution in [0.1, 0.15) is 12.8 Å². The Morgan fingerprint density at radius 2 is 2.24 bits per heavy atom. The molecule has 0 bridgehead atoms. The summed E-state index contributed by atoms with van der Waals surface area (Å²) in [5.74, 6) is 0.0317. The van der Waals surface area contributed by atoms with E-state index in [0.717, 1.165) is 12.8 Å². The van der Waals surface area contributed by atoms with Crippen molar-refractivity contribution in [2.45, 2.75) is 23.9 Å². The smallest absolute Gasteiger partial charge is 0.263 e. The summed E-state index contributed by atoms with van der Waals surface area (Å²) in [6.07, 6.45) is 3.41. The van der Waals surface area contributed by atoms with Crippen molar-refractivity contribution in [3.63, 3.8) is 0 Å². The van der Waals surface area contributed by atoms with Gasteiger partial charge < -0.3 is 10.5 Å². The lowest BCUT2D eigenvalue weighted by molar-refractivity contribution is 0.177. The maximum Gasteiger partial charge on any atom is 0.263 e. The summed E-state index contributed by atoms with van der Waals surface area (Å²) < 4.78 is 33.9. The average Bonchev–Trinajstić information content (AvgIpc) is 3.20. The third-order valence-corrected chi connectivity index (χ3v) is 5.53. The second-order valence-electron chi connectivity index (χ2n) is 5.07. The van der Waals surface area contributed by atoms with E-state index >= 15 is 0 Å². The van der Waals surface area contributed by atoms with Crippen LogP contribution in [0.15, 0.2) is 29.4 Å². The fraction of sp³-hybridized carbons (Fsp3) is 0.462. The number of fused-ring (bicyclic) bond motifs is 1. The second kappa shape index (κ2) is 5.28. The van der Waals surface area contributed by atoms with E-state index in [1.54, 1.807) is 31.5 Å². The molecule has 8 heteroatoms. The maximum atomic E-state index is 12.9. The fourth-order valence-corrected chi connectivity index (χ4v) is 4.26. The Morgan fingerprint density at radius 1 is 1.48 bits per heavy atom. The molecule has 1 aliphatic carbocycles. The monoisotopic (exact) mass is 310 g/mol. The van der Waals surface area contributed by atoms with Crippen LogP contribution in [0.5, 0.6) is 0 Å². The standard InChI is InChI=1S/C13H18N4O3S/c1-20-9-8-17(10-5-6-10)21(18,19)13-12(14)15-11-4-2-3-7-16(11)13/h2-4,7,10H,5-6,8-9,14H2,1H3. The third kappa shape index (κ3) is 2.50. The Balaban J connectivity index is 2.08. The minimum Gasteiger partial charge on any atom is -0.383 e. The number of ether oxygens (including phenoxy) is 1. The normalized spacial score (nSPS) is 15.9. The molecule has 0 aliphatic heterocycles. The number of aromatic nitrogens is 2. The minimum atomic E-state index is -3.70. The van der Waals surface area contributed by atoms with Crippen molar-refractivity contribution in [2.75, 3.05) is 26.0 Å². The highest BCUT2D eigenvalue weighted by atomic mass is 32.2. The average molecular weight is 310 g/mol. The second-order valence-corrected chi connectivity index (χ2v) is 6.88. The molecule has 0 amide bonds. The van der Waals surface area contributed by atoms with Crippen LogP contribution in [0.3, 0.4) is 0 Å². The first-order valence-electron chi connectivity index (χ1n) is 6.79. The molecule has 0 saturated heterocycles. The molecule has 21 heavy (non-hydrogen) atoms. The van der Waals surface area contributed by atoms with Crippen molar-refractivity contribution in [3.05, 3.63) is 24.4 Å². The first kappa shape index (κ1) is 14.3. The van der Waals surface area contributed by atoms with Crippen molar-refractivity contribution in [1.82, 2.24) is 13.7 Å². The van der Waals surface area contributed by atoms with E-state index in [2.05, 4.69) is 4.98 Å². The van der Waals surface area contributed by atoms with Crippen molar-refractivity contribution < 1.29 is 13.2 Å². The Bertz CT molecular complexity index is 752. The van der Waals surface area contributed by atoms with Gasteiger partial charge in [-0.1, -0.05) is 6.07 Å². The molecule has 7 nitrogen and oxygen atoms in total. The van der Waals surface area contributed by atoms with Crippen LogP contribution < -0.4 is 5.73 Å². The molecule has 0 aromatic carbocycles. The largest absolute Gasteiger partial charge is 0.383 e. The first-order valence-corrected chi connectivity index (χ1v) is 8.23. The van der Waals surface area contributed by atoms with Crippen LogP contribution in [0.25, 0.3) is 5.65 Å². The van der Waals surface area contributed by atoms with E-state index in [1.807, 2.05) is 0 Å². The highest BCUT2D eigenvalue weighted by Crippen LogP contribution is 2.33. The number of nitrogens with two attached hydrogens (primary N) is 1. The molecule has 0 atom stereocenters.